The van der Waals surface area contributed by atoms with Gasteiger partial charge in [0.15, 0.2) is 0 Å². The van der Waals surface area contributed by atoms with Gasteiger partial charge in [0.1, 0.15) is 12.0 Å². The van der Waals surface area contributed by atoms with E-state index < -0.39 is 0 Å². The summed E-state index contributed by atoms with van der Waals surface area (Å²) in [6.07, 6.45) is 3.31. The molecule has 5 aromatic rings. The van der Waals surface area contributed by atoms with Crippen molar-refractivity contribution in [1.29, 1.82) is 0 Å². The molecule has 0 saturated heterocycles. The van der Waals surface area contributed by atoms with Crippen LogP contribution in [0, 0.1) is 13.8 Å². The lowest BCUT2D eigenvalue weighted by molar-refractivity contribution is 0.102. The van der Waals surface area contributed by atoms with Crippen LogP contribution in [-0.4, -0.2) is 35.9 Å². The molecule has 0 aliphatic rings. The summed E-state index contributed by atoms with van der Waals surface area (Å²) >= 11 is 0. The molecule has 33 heavy (non-hydrogen) atoms. The Bertz CT molecular complexity index is 1420. The molecule has 0 bridgehead atoms. The lowest BCUT2D eigenvalue weighted by Crippen LogP contribution is -2.13. The van der Waals surface area contributed by atoms with Crippen LogP contribution in [0.15, 0.2) is 85.3 Å². The molecule has 0 radical (unpaired) electrons. The number of nitrogens with one attached hydrogen (secondary N) is 1. The highest BCUT2D eigenvalue weighted by Gasteiger charge is 2.20. The minimum absolute atomic E-state index is 0.231. The molecule has 8 nitrogen and oxygen atoms in total. The number of anilines is 1. The van der Waals surface area contributed by atoms with Gasteiger partial charge < -0.3 is 5.32 Å². The van der Waals surface area contributed by atoms with Crippen LogP contribution in [0.4, 0.5) is 5.69 Å². The summed E-state index contributed by atoms with van der Waals surface area (Å²) in [7, 11) is 0. The van der Waals surface area contributed by atoms with Crippen molar-refractivity contribution in [2.24, 2.45) is 0 Å². The number of amides is 1. The molecule has 0 spiro atoms. The van der Waals surface area contributed by atoms with E-state index >= 15 is 0 Å². The van der Waals surface area contributed by atoms with Crippen molar-refractivity contribution in [1.82, 2.24) is 30.0 Å². The average molecular weight is 435 g/mol. The van der Waals surface area contributed by atoms with E-state index in [9.17, 15) is 4.79 Å². The maximum Gasteiger partial charge on any atom is 0.259 e. The first-order valence-electron chi connectivity index (χ1n) is 10.5. The first kappa shape index (κ1) is 20.3. The molecular weight excluding hydrogens is 414 g/mol. The van der Waals surface area contributed by atoms with Crippen molar-refractivity contribution in [2.75, 3.05) is 5.32 Å². The molecule has 0 aliphatic carbocycles. The smallest absolute Gasteiger partial charge is 0.259 e. The molecule has 0 fully saturated rings. The third-order valence-electron chi connectivity index (χ3n) is 5.43. The zero-order valence-corrected chi connectivity index (χ0v) is 18.2. The predicted octanol–water partition coefficient (Wildman–Crippen LogP) is 4.38. The van der Waals surface area contributed by atoms with Gasteiger partial charge in [-0.15, -0.1) is 5.10 Å². The molecule has 1 amide bonds. The lowest BCUT2D eigenvalue weighted by Gasteiger charge is -2.10. The Kier molecular flexibility index (Phi) is 5.24. The molecule has 2 heterocycles. The second kappa shape index (κ2) is 8.51. The molecule has 3 aromatic carbocycles. The van der Waals surface area contributed by atoms with Gasteiger partial charge in [0.05, 0.1) is 16.9 Å². The molecule has 5 rings (SSSR count). The third kappa shape index (κ3) is 4.01. The zero-order chi connectivity index (χ0) is 22.8. The highest BCUT2D eigenvalue weighted by molar-refractivity contribution is 6.08. The van der Waals surface area contributed by atoms with Gasteiger partial charge in [-0.2, -0.15) is 5.10 Å². The van der Waals surface area contributed by atoms with E-state index in [1.807, 2.05) is 86.6 Å². The van der Waals surface area contributed by atoms with E-state index in [1.54, 1.807) is 15.6 Å². The van der Waals surface area contributed by atoms with Crippen molar-refractivity contribution in [3.8, 4) is 22.6 Å². The van der Waals surface area contributed by atoms with E-state index in [0.717, 1.165) is 28.1 Å². The van der Waals surface area contributed by atoms with Crippen LogP contribution in [0.25, 0.3) is 22.6 Å². The Hall–Kier alpha value is -4.59. The van der Waals surface area contributed by atoms with Crippen LogP contribution in [0.1, 0.15) is 21.5 Å². The number of carbonyl (C=O) groups excluding carboxylic acids is 1. The number of aromatic nitrogens is 6. The van der Waals surface area contributed by atoms with Crippen LogP contribution >= 0.6 is 0 Å². The molecule has 0 unspecified atom stereocenters. The van der Waals surface area contributed by atoms with Crippen LogP contribution < -0.4 is 5.32 Å². The summed E-state index contributed by atoms with van der Waals surface area (Å²) in [4.78, 5) is 13.4. The molecule has 0 aliphatic heterocycles. The van der Waals surface area contributed by atoms with E-state index in [0.29, 0.717) is 16.9 Å². The summed E-state index contributed by atoms with van der Waals surface area (Å²) in [5, 5.41) is 19.1. The molecule has 8 heteroatoms. The molecule has 0 atom stereocenters. The van der Waals surface area contributed by atoms with Gasteiger partial charge in [-0.3, -0.25) is 4.79 Å². The van der Waals surface area contributed by atoms with Crippen LogP contribution in [0.3, 0.4) is 0 Å². The second-order valence-corrected chi connectivity index (χ2v) is 7.70. The summed E-state index contributed by atoms with van der Waals surface area (Å²) in [6.45, 7) is 3.96. The van der Waals surface area contributed by atoms with Crippen molar-refractivity contribution in [3.05, 3.63) is 102 Å². The number of hydrogen-bond donors (Lipinski definition) is 1. The maximum atomic E-state index is 13.4. The average Bonchev–Trinajstić information content (AvgIpc) is 3.51. The topological polar surface area (TPSA) is 90.5 Å². The molecule has 1 N–H and O–H groups in total. The minimum Gasteiger partial charge on any atom is -0.322 e. The van der Waals surface area contributed by atoms with Crippen LogP contribution in [0.5, 0.6) is 0 Å². The quantitative estimate of drug-likeness (QED) is 0.442. The fourth-order valence-electron chi connectivity index (χ4n) is 3.75. The number of nitrogens with zero attached hydrogens (tertiary/aromatic N) is 6. The van der Waals surface area contributed by atoms with Crippen molar-refractivity contribution >= 4 is 11.6 Å². The first-order chi connectivity index (χ1) is 16.1. The second-order valence-electron chi connectivity index (χ2n) is 7.70. The first-order valence-corrected chi connectivity index (χ1v) is 10.5. The number of para-hydroxylation sites is 1. The minimum atomic E-state index is -0.231. The van der Waals surface area contributed by atoms with Gasteiger partial charge in [-0.05, 0) is 65.7 Å². The Morgan fingerprint density at radius 1 is 0.879 bits per heavy atom. The molecule has 0 saturated carbocycles. The van der Waals surface area contributed by atoms with Gasteiger partial charge in [0.25, 0.3) is 5.91 Å². The number of hydrogen-bond acceptors (Lipinski definition) is 5. The van der Waals surface area contributed by atoms with E-state index in [2.05, 4.69) is 20.8 Å². The van der Waals surface area contributed by atoms with Crippen LogP contribution in [0.2, 0.25) is 0 Å². The largest absolute Gasteiger partial charge is 0.322 e. The monoisotopic (exact) mass is 435 g/mol. The van der Waals surface area contributed by atoms with Crippen LogP contribution in [-0.2, 0) is 0 Å². The van der Waals surface area contributed by atoms with E-state index in [1.165, 1.54) is 6.33 Å². The number of rotatable bonds is 5. The molecule has 2 aromatic heterocycles. The Morgan fingerprint density at radius 2 is 1.67 bits per heavy atom. The Balaban J connectivity index is 1.51. The fraction of sp³-hybridized carbons (Fsp3) is 0.0800. The number of tetrazole rings is 1. The predicted molar refractivity (Wildman–Crippen MR) is 126 cm³/mol. The summed E-state index contributed by atoms with van der Waals surface area (Å²) in [6, 6.07) is 23.3. The van der Waals surface area contributed by atoms with E-state index in [-0.39, 0.29) is 5.91 Å². The normalized spacial score (nSPS) is 10.8. The fourth-order valence-corrected chi connectivity index (χ4v) is 3.75. The van der Waals surface area contributed by atoms with Gasteiger partial charge >= 0.3 is 0 Å². The lowest BCUT2D eigenvalue weighted by atomic mass is 10.0. The van der Waals surface area contributed by atoms with Gasteiger partial charge in [-0.25, -0.2) is 9.36 Å². The Labute approximate surface area is 190 Å². The number of benzene rings is 3. The van der Waals surface area contributed by atoms with Crippen molar-refractivity contribution < 1.29 is 4.79 Å². The standard InChI is InChI=1S/C25H21N7O/c1-17-8-6-7-11-21(17)24-22(15-31(28-24)20-9-4-3-5-10-20)25(33)27-19-12-13-23(18(2)14-19)32-16-26-29-30-32/h3-16H,1-2H3,(H,27,33). The number of carbonyl (C=O) groups is 1. The molecule has 162 valence electrons. The highest BCUT2D eigenvalue weighted by atomic mass is 16.1. The summed E-state index contributed by atoms with van der Waals surface area (Å²) in [5.74, 6) is -0.231. The maximum absolute atomic E-state index is 13.4. The Morgan fingerprint density at radius 3 is 2.39 bits per heavy atom. The van der Waals surface area contributed by atoms with Crippen molar-refractivity contribution in [3.63, 3.8) is 0 Å². The van der Waals surface area contributed by atoms with Crippen molar-refractivity contribution in [2.45, 2.75) is 13.8 Å². The summed E-state index contributed by atoms with van der Waals surface area (Å²) < 4.78 is 3.32. The van der Waals surface area contributed by atoms with E-state index in [4.69, 9.17) is 5.10 Å². The molecular formula is C25H21N7O. The summed E-state index contributed by atoms with van der Waals surface area (Å²) in [5.41, 5.74) is 6.43. The van der Waals surface area contributed by atoms with Gasteiger partial charge in [0, 0.05) is 17.4 Å². The third-order valence-corrected chi connectivity index (χ3v) is 5.43. The zero-order valence-electron chi connectivity index (χ0n) is 18.2. The van der Waals surface area contributed by atoms with Gasteiger partial charge in [0.2, 0.25) is 0 Å². The van der Waals surface area contributed by atoms with Gasteiger partial charge in [-0.1, -0.05) is 42.5 Å². The SMILES string of the molecule is Cc1ccccc1-c1nn(-c2ccccc2)cc1C(=O)Nc1ccc(-n2cnnn2)c(C)c1. The number of aryl methyl sites for hydroxylation is 2. The highest BCUT2D eigenvalue weighted by Crippen LogP contribution is 2.28.